The van der Waals surface area contributed by atoms with E-state index >= 15 is 0 Å². The van der Waals surface area contributed by atoms with Crippen molar-refractivity contribution in [2.24, 2.45) is 0 Å². The summed E-state index contributed by atoms with van der Waals surface area (Å²) in [6.45, 7) is 7.20. The Kier molecular flexibility index (Phi) is 6.29. The number of carbonyl (C=O) groups excluding carboxylic acids is 2. The SMILES string of the molecule is CCN(CC)CCCC(=O)c1ccc(/C=C2\C(=O)Nc3ccc(Br)cc32)[nH]1. The molecule has 2 aromatic rings. The number of rotatable bonds is 8. The predicted molar refractivity (Wildman–Crippen MR) is 113 cm³/mol. The van der Waals surface area contributed by atoms with Gasteiger partial charge in [0.15, 0.2) is 5.78 Å². The molecule has 1 aliphatic rings. The summed E-state index contributed by atoms with van der Waals surface area (Å²) >= 11 is 3.44. The van der Waals surface area contributed by atoms with Crippen LogP contribution in [0.25, 0.3) is 11.6 Å². The first-order valence-electron chi connectivity index (χ1n) is 9.29. The van der Waals surface area contributed by atoms with Gasteiger partial charge in [-0.1, -0.05) is 29.8 Å². The highest BCUT2D eigenvalue weighted by Gasteiger charge is 2.24. The molecule has 27 heavy (non-hydrogen) atoms. The topological polar surface area (TPSA) is 65.2 Å². The van der Waals surface area contributed by atoms with Crippen molar-refractivity contribution in [1.82, 2.24) is 9.88 Å². The lowest BCUT2D eigenvalue weighted by Crippen LogP contribution is -2.24. The Morgan fingerprint density at radius 1 is 1.19 bits per heavy atom. The van der Waals surface area contributed by atoms with E-state index in [1.807, 2.05) is 24.3 Å². The van der Waals surface area contributed by atoms with Crippen LogP contribution in [-0.4, -0.2) is 41.2 Å². The van der Waals surface area contributed by atoms with Crippen molar-refractivity contribution in [2.75, 3.05) is 25.0 Å². The fourth-order valence-corrected chi connectivity index (χ4v) is 3.62. The Bertz CT molecular complexity index is 881. The van der Waals surface area contributed by atoms with Gasteiger partial charge in [-0.2, -0.15) is 0 Å². The summed E-state index contributed by atoms with van der Waals surface area (Å²) in [7, 11) is 0. The quantitative estimate of drug-likeness (QED) is 0.476. The second kappa shape index (κ2) is 8.67. The standard InChI is InChI=1S/C21H24BrN3O2/c1-3-25(4-2)11-5-6-20(26)19-10-8-15(23-19)13-17-16-12-14(22)7-9-18(16)24-21(17)27/h7-10,12-13,23H,3-6,11H2,1-2H3,(H,24,27)/b17-13-. The number of benzene rings is 1. The lowest BCUT2D eigenvalue weighted by molar-refractivity contribution is -0.110. The first kappa shape index (κ1) is 19.6. The van der Waals surface area contributed by atoms with Crippen molar-refractivity contribution in [3.05, 3.63) is 51.8 Å². The van der Waals surface area contributed by atoms with Gasteiger partial charge >= 0.3 is 0 Å². The maximum absolute atomic E-state index is 12.4. The smallest absolute Gasteiger partial charge is 0.256 e. The van der Waals surface area contributed by atoms with Gasteiger partial charge in [0, 0.05) is 27.8 Å². The number of Topliss-reactive ketones (excluding diaryl/α,β-unsaturated/α-hetero) is 1. The molecular formula is C21H24BrN3O2. The normalized spacial score (nSPS) is 14.7. The van der Waals surface area contributed by atoms with Crippen LogP contribution in [0.3, 0.4) is 0 Å². The largest absolute Gasteiger partial charge is 0.353 e. The summed E-state index contributed by atoms with van der Waals surface area (Å²) in [5, 5.41) is 2.86. The first-order valence-corrected chi connectivity index (χ1v) is 10.1. The van der Waals surface area contributed by atoms with E-state index in [9.17, 15) is 9.59 Å². The highest BCUT2D eigenvalue weighted by molar-refractivity contribution is 9.10. The summed E-state index contributed by atoms with van der Waals surface area (Å²) in [6.07, 6.45) is 3.16. The van der Waals surface area contributed by atoms with Crippen LogP contribution in [0, 0.1) is 0 Å². The number of aromatic amines is 1. The van der Waals surface area contributed by atoms with Crippen LogP contribution >= 0.6 is 15.9 Å². The van der Waals surface area contributed by atoms with Gasteiger partial charge < -0.3 is 15.2 Å². The van der Waals surface area contributed by atoms with Crippen LogP contribution < -0.4 is 5.32 Å². The summed E-state index contributed by atoms with van der Waals surface area (Å²) in [5.41, 5.74) is 3.59. The lowest BCUT2D eigenvalue weighted by atomic mass is 10.1. The van der Waals surface area contributed by atoms with Crippen molar-refractivity contribution in [1.29, 1.82) is 0 Å². The maximum atomic E-state index is 12.4. The molecule has 5 nitrogen and oxygen atoms in total. The van der Waals surface area contributed by atoms with E-state index in [0.717, 1.165) is 47.5 Å². The molecule has 0 bridgehead atoms. The van der Waals surface area contributed by atoms with Crippen molar-refractivity contribution < 1.29 is 9.59 Å². The fraction of sp³-hybridized carbons (Fsp3) is 0.333. The Hall–Kier alpha value is -2.18. The van der Waals surface area contributed by atoms with E-state index in [2.05, 4.69) is 45.0 Å². The number of carbonyl (C=O) groups is 2. The van der Waals surface area contributed by atoms with Crippen LogP contribution in [0.2, 0.25) is 0 Å². The van der Waals surface area contributed by atoms with Gasteiger partial charge in [0.1, 0.15) is 0 Å². The highest BCUT2D eigenvalue weighted by atomic mass is 79.9. The number of fused-ring (bicyclic) bond motifs is 1. The third-order valence-electron chi connectivity index (χ3n) is 4.85. The minimum absolute atomic E-state index is 0.103. The van der Waals surface area contributed by atoms with Crippen LogP contribution in [-0.2, 0) is 4.79 Å². The van der Waals surface area contributed by atoms with Crippen molar-refractivity contribution in [3.63, 3.8) is 0 Å². The van der Waals surface area contributed by atoms with Gasteiger partial charge in [0.2, 0.25) is 0 Å². The zero-order valence-corrected chi connectivity index (χ0v) is 17.2. The average Bonchev–Trinajstić information content (AvgIpc) is 3.24. The van der Waals surface area contributed by atoms with Crippen LogP contribution in [0.4, 0.5) is 5.69 Å². The molecule has 0 saturated carbocycles. The van der Waals surface area contributed by atoms with E-state index in [1.165, 1.54) is 0 Å². The summed E-state index contributed by atoms with van der Waals surface area (Å²) in [4.78, 5) is 30.1. The number of hydrogen-bond donors (Lipinski definition) is 2. The number of hydrogen-bond acceptors (Lipinski definition) is 3. The minimum Gasteiger partial charge on any atom is -0.353 e. The van der Waals surface area contributed by atoms with Crippen molar-refractivity contribution in [2.45, 2.75) is 26.7 Å². The number of ketones is 1. The molecule has 0 aliphatic carbocycles. The highest BCUT2D eigenvalue weighted by Crippen LogP contribution is 2.34. The van der Waals surface area contributed by atoms with E-state index in [1.54, 1.807) is 12.1 Å². The van der Waals surface area contributed by atoms with Crippen molar-refractivity contribution in [3.8, 4) is 0 Å². The van der Waals surface area contributed by atoms with Crippen molar-refractivity contribution >= 4 is 45.0 Å². The van der Waals surface area contributed by atoms with E-state index < -0.39 is 0 Å². The number of aromatic nitrogens is 1. The third kappa shape index (κ3) is 4.57. The van der Waals surface area contributed by atoms with Gasteiger partial charge in [0.05, 0.1) is 11.3 Å². The number of anilines is 1. The van der Waals surface area contributed by atoms with Crippen LogP contribution in [0.1, 0.15) is 48.4 Å². The molecule has 2 N–H and O–H groups in total. The monoisotopic (exact) mass is 429 g/mol. The predicted octanol–water partition coefficient (Wildman–Crippen LogP) is 4.57. The summed E-state index contributed by atoms with van der Waals surface area (Å²) < 4.78 is 0.916. The molecule has 6 heteroatoms. The third-order valence-corrected chi connectivity index (χ3v) is 5.34. The molecule has 1 aliphatic heterocycles. The Balaban J connectivity index is 1.69. The van der Waals surface area contributed by atoms with Gasteiger partial charge in [-0.05, 0) is 62.5 Å². The van der Waals surface area contributed by atoms with Crippen LogP contribution in [0.5, 0.6) is 0 Å². The molecule has 0 saturated heterocycles. The lowest BCUT2D eigenvalue weighted by Gasteiger charge is -2.17. The Morgan fingerprint density at radius 2 is 1.96 bits per heavy atom. The summed E-state index contributed by atoms with van der Waals surface area (Å²) in [5.74, 6) is -0.0318. The second-order valence-corrected chi connectivity index (χ2v) is 7.50. The second-order valence-electron chi connectivity index (χ2n) is 6.58. The molecule has 0 spiro atoms. The molecule has 0 fully saturated rings. The van der Waals surface area contributed by atoms with Gasteiger partial charge in [-0.15, -0.1) is 0 Å². The molecule has 2 heterocycles. The molecule has 3 rings (SSSR count). The zero-order valence-electron chi connectivity index (χ0n) is 15.6. The van der Waals surface area contributed by atoms with Gasteiger partial charge in [-0.3, -0.25) is 9.59 Å². The van der Waals surface area contributed by atoms with Crippen LogP contribution in [0.15, 0.2) is 34.8 Å². The zero-order chi connectivity index (χ0) is 19.4. The fourth-order valence-electron chi connectivity index (χ4n) is 3.26. The average molecular weight is 430 g/mol. The van der Waals surface area contributed by atoms with E-state index in [4.69, 9.17) is 0 Å². The summed E-state index contributed by atoms with van der Waals surface area (Å²) in [6, 6.07) is 9.32. The Labute approximate surface area is 168 Å². The molecule has 0 atom stereocenters. The first-order chi connectivity index (χ1) is 13.0. The molecule has 1 amide bonds. The van der Waals surface area contributed by atoms with Gasteiger partial charge in [0.25, 0.3) is 5.91 Å². The maximum Gasteiger partial charge on any atom is 0.256 e. The number of nitrogens with one attached hydrogen (secondary N) is 2. The van der Waals surface area contributed by atoms with Gasteiger partial charge in [-0.25, -0.2) is 0 Å². The minimum atomic E-state index is -0.134. The number of H-pyrrole nitrogens is 1. The molecular weight excluding hydrogens is 406 g/mol. The molecule has 1 aromatic carbocycles. The number of nitrogens with zero attached hydrogens (tertiary/aromatic N) is 1. The van der Waals surface area contributed by atoms with E-state index in [-0.39, 0.29) is 11.7 Å². The number of halogens is 1. The molecule has 0 unspecified atom stereocenters. The molecule has 1 aromatic heterocycles. The molecule has 0 radical (unpaired) electrons. The van der Waals surface area contributed by atoms with E-state index in [0.29, 0.717) is 17.7 Å². The Morgan fingerprint density at radius 3 is 2.70 bits per heavy atom. The molecule has 142 valence electrons. The number of amides is 1.